The van der Waals surface area contributed by atoms with E-state index in [4.69, 9.17) is 11.6 Å². The molecule has 2 amide bonds. The number of hydrogen-bond donors (Lipinski definition) is 2. The third-order valence-electron chi connectivity index (χ3n) is 4.53. The minimum Gasteiger partial charge on any atom is -0.340 e. The Morgan fingerprint density at radius 3 is 2.31 bits per heavy atom. The molecule has 162 valence electrons. The number of amides is 2. The number of non-ortho nitro benzene ring substituents is 1. The van der Waals surface area contributed by atoms with E-state index in [9.17, 15) is 19.7 Å². The van der Waals surface area contributed by atoms with Crippen LogP contribution in [0.25, 0.3) is 0 Å². The number of benzene rings is 3. The van der Waals surface area contributed by atoms with Gasteiger partial charge in [-0.15, -0.1) is 0 Å². The molecule has 0 radical (unpaired) electrons. The molecule has 0 aliphatic carbocycles. The first kappa shape index (κ1) is 22.6. The van der Waals surface area contributed by atoms with Crippen molar-refractivity contribution in [2.75, 3.05) is 0 Å². The van der Waals surface area contributed by atoms with E-state index >= 15 is 0 Å². The average molecular weight is 451 g/mol. The first-order chi connectivity index (χ1) is 15.4. The van der Waals surface area contributed by atoms with Crippen LogP contribution in [0.1, 0.15) is 21.5 Å². The van der Waals surface area contributed by atoms with E-state index in [0.717, 1.165) is 5.56 Å². The largest absolute Gasteiger partial charge is 0.340 e. The molecule has 0 spiro atoms. The maximum atomic E-state index is 12.8. The number of rotatable bonds is 8. The van der Waals surface area contributed by atoms with Crippen LogP contribution in [0.3, 0.4) is 0 Å². The summed E-state index contributed by atoms with van der Waals surface area (Å²) in [5, 5.41) is 17.9. The summed E-state index contributed by atoms with van der Waals surface area (Å²) in [6.07, 6.45) is 1.64. The molecular weight excluding hydrogens is 432 g/mol. The van der Waals surface area contributed by atoms with Gasteiger partial charge in [-0.1, -0.05) is 60.1 Å². The first-order valence-electron chi connectivity index (χ1n) is 9.61. The summed E-state index contributed by atoms with van der Waals surface area (Å²) in [5.41, 5.74) is 3.96. The van der Waals surface area contributed by atoms with E-state index in [1.807, 2.05) is 30.3 Å². The van der Waals surface area contributed by atoms with Crippen molar-refractivity contribution < 1.29 is 14.5 Å². The fraction of sp³-hybridized carbons (Fsp3) is 0.0870. The summed E-state index contributed by atoms with van der Waals surface area (Å²) >= 11 is 6.07. The van der Waals surface area contributed by atoms with E-state index < -0.39 is 22.8 Å². The number of carbonyl (C=O) groups is 2. The molecule has 3 aromatic rings. The molecule has 3 rings (SSSR count). The van der Waals surface area contributed by atoms with Crippen LogP contribution < -0.4 is 10.7 Å². The zero-order valence-electron chi connectivity index (χ0n) is 16.8. The van der Waals surface area contributed by atoms with Gasteiger partial charge in [0.25, 0.3) is 17.5 Å². The van der Waals surface area contributed by atoms with E-state index in [1.165, 1.54) is 30.5 Å². The number of carbonyl (C=O) groups excluding carboxylic acids is 2. The Labute approximate surface area is 189 Å². The Balaban J connectivity index is 1.73. The lowest BCUT2D eigenvalue weighted by Gasteiger charge is -2.17. The number of hydrogen-bond acceptors (Lipinski definition) is 5. The number of nitrogens with one attached hydrogen (secondary N) is 2. The molecule has 0 saturated carbocycles. The van der Waals surface area contributed by atoms with Gasteiger partial charge in [0.1, 0.15) is 6.04 Å². The molecular formula is C23H19ClN4O4. The number of halogens is 1. The van der Waals surface area contributed by atoms with Crippen LogP contribution >= 0.6 is 11.6 Å². The molecule has 1 unspecified atom stereocenters. The zero-order valence-corrected chi connectivity index (χ0v) is 17.5. The van der Waals surface area contributed by atoms with Gasteiger partial charge in [0.05, 0.1) is 11.1 Å². The molecule has 2 N–H and O–H groups in total. The first-order valence-corrected chi connectivity index (χ1v) is 9.98. The average Bonchev–Trinajstić information content (AvgIpc) is 2.80. The molecule has 0 aliphatic rings. The van der Waals surface area contributed by atoms with E-state index in [1.54, 1.807) is 24.3 Å². The standard InChI is InChI=1S/C23H19ClN4O4/c24-20-9-5-4-8-18(20)15-25-27-23(30)21(14-16-6-2-1-3-7-16)26-22(29)17-10-12-19(13-11-17)28(31)32/h1-13,15,21H,14H2,(H,26,29)(H,27,30)/b25-15+. The van der Waals surface area contributed by atoms with Gasteiger partial charge in [-0.3, -0.25) is 19.7 Å². The predicted molar refractivity (Wildman–Crippen MR) is 122 cm³/mol. The summed E-state index contributed by atoms with van der Waals surface area (Å²) in [4.78, 5) is 35.7. The van der Waals surface area contributed by atoms with Crippen LogP contribution in [0.2, 0.25) is 5.02 Å². The molecule has 0 fully saturated rings. The van der Waals surface area contributed by atoms with Gasteiger partial charge in [0.15, 0.2) is 0 Å². The predicted octanol–water partition coefficient (Wildman–Crippen LogP) is 3.74. The molecule has 0 bridgehead atoms. The molecule has 0 heterocycles. The van der Waals surface area contributed by atoms with Gasteiger partial charge < -0.3 is 5.32 Å². The highest BCUT2D eigenvalue weighted by Gasteiger charge is 2.22. The quantitative estimate of drug-likeness (QED) is 0.309. The Bertz CT molecular complexity index is 1130. The highest BCUT2D eigenvalue weighted by atomic mass is 35.5. The van der Waals surface area contributed by atoms with Crippen LogP contribution in [0.4, 0.5) is 5.69 Å². The van der Waals surface area contributed by atoms with Crippen molar-refractivity contribution in [2.24, 2.45) is 5.10 Å². The number of hydrazone groups is 1. The van der Waals surface area contributed by atoms with Crippen LogP contribution in [0.15, 0.2) is 84.0 Å². The van der Waals surface area contributed by atoms with Gasteiger partial charge in [-0.25, -0.2) is 5.43 Å². The molecule has 1 atom stereocenters. The van der Waals surface area contributed by atoms with Crippen LogP contribution in [0, 0.1) is 10.1 Å². The summed E-state index contributed by atoms with van der Waals surface area (Å²) in [5.74, 6) is -1.06. The fourth-order valence-corrected chi connectivity index (χ4v) is 3.04. The fourth-order valence-electron chi connectivity index (χ4n) is 2.86. The Morgan fingerprint density at radius 1 is 1.00 bits per heavy atom. The van der Waals surface area contributed by atoms with Gasteiger partial charge in [-0.05, 0) is 23.8 Å². The summed E-state index contributed by atoms with van der Waals surface area (Å²) in [6, 6.07) is 20.4. The smallest absolute Gasteiger partial charge is 0.269 e. The molecule has 0 saturated heterocycles. The molecule has 0 aliphatic heterocycles. The van der Waals surface area contributed by atoms with E-state index in [0.29, 0.717) is 10.6 Å². The monoisotopic (exact) mass is 450 g/mol. The SMILES string of the molecule is O=C(NC(Cc1ccccc1)C(=O)N/N=C/c1ccccc1Cl)c1ccc([N+](=O)[O-])cc1. The van der Waals surface area contributed by atoms with Crippen LogP contribution in [-0.4, -0.2) is 29.0 Å². The van der Waals surface area contributed by atoms with E-state index in [2.05, 4.69) is 15.8 Å². The van der Waals surface area contributed by atoms with Gasteiger partial charge in [0.2, 0.25) is 0 Å². The van der Waals surface area contributed by atoms with Crippen molar-refractivity contribution >= 4 is 35.3 Å². The number of nitro groups is 1. The molecule has 8 nitrogen and oxygen atoms in total. The molecule has 0 aromatic heterocycles. The normalized spacial score (nSPS) is 11.7. The third kappa shape index (κ3) is 6.23. The van der Waals surface area contributed by atoms with E-state index in [-0.39, 0.29) is 17.7 Å². The lowest BCUT2D eigenvalue weighted by atomic mass is 10.0. The maximum absolute atomic E-state index is 12.8. The topological polar surface area (TPSA) is 114 Å². The van der Waals surface area contributed by atoms with Crippen molar-refractivity contribution in [3.63, 3.8) is 0 Å². The summed E-state index contributed by atoms with van der Waals surface area (Å²) in [6.45, 7) is 0. The van der Waals surface area contributed by atoms with Crippen LogP contribution in [0.5, 0.6) is 0 Å². The van der Waals surface area contributed by atoms with Crippen molar-refractivity contribution in [3.05, 3.63) is 111 Å². The Morgan fingerprint density at radius 2 is 1.66 bits per heavy atom. The summed E-state index contributed by atoms with van der Waals surface area (Å²) in [7, 11) is 0. The molecule has 32 heavy (non-hydrogen) atoms. The minimum atomic E-state index is -0.927. The zero-order chi connectivity index (χ0) is 22.9. The van der Waals surface area contributed by atoms with Gasteiger partial charge in [-0.2, -0.15) is 5.10 Å². The Kier molecular flexibility index (Phi) is 7.66. The summed E-state index contributed by atoms with van der Waals surface area (Å²) < 4.78 is 0. The maximum Gasteiger partial charge on any atom is 0.269 e. The highest BCUT2D eigenvalue weighted by molar-refractivity contribution is 6.33. The lowest BCUT2D eigenvalue weighted by molar-refractivity contribution is -0.384. The minimum absolute atomic E-state index is 0.131. The Hall–Kier alpha value is -4.04. The van der Waals surface area contributed by atoms with Gasteiger partial charge in [0, 0.05) is 34.7 Å². The third-order valence-corrected chi connectivity index (χ3v) is 4.87. The van der Waals surface area contributed by atoms with Gasteiger partial charge >= 0.3 is 0 Å². The number of nitro benzene ring substituents is 1. The van der Waals surface area contributed by atoms with Crippen molar-refractivity contribution in [1.29, 1.82) is 0 Å². The van der Waals surface area contributed by atoms with Crippen molar-refractivity contribution in [3.8, 4) is 0 Å². The second kappa shape index (κ2) is 10.8. The van der Waals surface area contributed by atoms with Crippen LogP contribution in [-0.2, 0) is 11.2 Å². The van der Waals surface area contributed by atoms with Crippen molar-refractivity contribution in [2.45, 2.75) is 12.5 Å². The lowest BCUT2D eigenvalue weighted by Crippen LogP contribution is -2.46. The second-order valence-corrected chi connectivity index (χ2v) is 7.18. The second-order valence-electron chi connectivity index (χ2n) is 6.78. The number of nitrogens with zero attached hydrogens (tertiary/aromatic N) is 2. The molecule has 9 heteroatoms. The molecule has 3 aromatic carbocycles. The van der Waals surface area contributed by atoms with Crippen molar-refractivity contribution in [1.82, 2.24) is 10.7 Å². The highest BCUT2D eigenvalue weighted by Crippen LogP contribution is 2.13.